The van der Waals surface area contributed by atoms with Gasteiger partial charge in [0.1, 0.15) is 0 Å². The van der Waals surface area contributed by atoms with Crippen molar-refractivity contribution >= 4 is 37.6 Å². The van der Waals surface area contributed by atoms with Crippen LogP contribution in [0.5, 0.6) is 0 Å². The first-order chi connectivity index (χ1) is 19.2. The summed E-state index contributed by atoms with van der Waals surface area (Å²) < 4.78 is 1.04. The van der Waals surface area contributed by atoms with Crippen molar-refractivity contribution in [2.75, 3.05) is 0 Å². The van der Waals surface area contributed by atoms with Crippen LogP contribution in [-0.4, -0.2) is 9.97 Å². The SMILES string of the molecule is Brc1ccc(-c2nc(-c3cccc(-c4ccccc4)c3)nc3cc(-c4ccc5ccccc5c4)ccc23)cc1. The second-order valence-corrected chi connectivity index (χ2v) is 10.6. The van der Waals surface area contributed by atoms with E-state index in [4.69, 9.17) is 9.97 Å². The van der Waals surface area contributed by atoms with Gasteiger partial charge >= 0.3 is 0 Å². The van der Waals surface area contributed by atoms with E-state index in [1.807, 2.05) is 6.07 Å². The third-order valence-electron chi connectivity index (χ3n) is 7.13. The predicted octanol–water partition coefficient (Wildman–Crippen LogP) is 10.2. The van der Waals surface area contributed by atoms with E-state index in [0.29, 0.717) is 5.82 Å². The topological polar surface area (TPSA) is 25.8 Å². The lowest BCUT2D eigenvalue weighted by Crippen LogP contribution is -1.96. The molecule has 0 atom stereocenters. The van der Waals surface area contributed by atoms with E-state index in [-0.39, 0.29) is 0 Å². The fourth-order valence-corrected chi connectivity index (χ4v) is 5.37. The lowest BCUT2D eigenvalue weighted by molar-refractivity contribution is 1.23. The summed E-state index contributed by atoms with van der Waals surface area (Å²) >= 11 is 3.57. The van der Waals surface area contributed by atoms with Crippen molar-refractivity contribution in [1.82, 2.24) is 9.97 Å². The summed E-state index contributed by atoms with van der Waals surface area (Å²) in [5.74, 6) is 0.717. The van der Waals surface area contributed by atoms with Crippen LogP contribution in [0.3, 0.4) is 0 Å². The Morgan fingerprint density at radius 1 is 0.410 bits per heavy atom. The molecule has 0 aliphatic heterocycles. The van der Waals surface area contributed by atoms with Gasteiger partial charge in [-0.25, -0.2) is 9.97 Å². The molecule has 0 unspecified atom stereocenters. The molecule has 0 N–H and O–H groups in total. The lowest BCUT2D eigenvalue weighted by Gasteiger charge is -2.12. The summed E-state index contributed by atoms with van der Waals surface area (Å²) in [5, 5.41) is 3.50. The molecule has 0 aliphatic carbocycles. The average Bonchev–Trinajstić information content (AvgIpc) is 3.01. The van der Waals surface area contributed by atoms with Gasteiger partial charge in [-0.15, -0.1) is 0 Å². The third-order valence-corrected chi connectivity index (χ3v) is 7.65. The first-order valence-corrected chi connectivity index (χ1v) is 13.7. The summed E-state index contributed by atoms with van der Waals surface area (Å²) in [6, 6.07) is 48.8. The summed E-state index contributed by atoms with van der Waals surface area (Å²) in [4.78, 5) is 10.2. The third kappa shape index (κ3) is 4.62. The molecule has 3 heteroatoms. The molecule has 0 aliphatic rings. The Morgan fingerprint density at radius 2 is 1.05 bits per heavy atom. The Balaban J connectivity index is 1.42. The number of fused-ring (bicyclic) bond motifs is 2. The second-order valence-electron chi connectivity index (χ2n) is 9.64. The number of hydrogen-bond donors (Lipinski definition) is 0. The van der Waals surface area contributed by atoms with E-state index < -0.39 is 0 Å². The normalized spacial score (nSPS) is 11.2. The van der Waals surface area contributed by atoms with Crippen LogP contribution in [0.1, 0.15) is 0 Å². The summed E-state index contributed by atoms with van der Waals surface area (Å²) in [7, 11) is 0. The van der Waals surface area contributed by atoms with Crippen molar-refractivity contribution in [3.63, 3.8) is 0 Å². The molecule has 0 fully saturated rings. The molecule has 39 heavy (non-hydrogen) atoms. The highest BCUT2D eigenvalue weighted by Crippen LogP contribution is 2.34. The highest BCUT2D eigenvalue weighted by Gasteiger charge is 2.14. The molecule has 6 aromatic carbocycles. The Hall–Kier alpha value is -4.60. The van der Waals surface area contributed by atoms with Crippen LogP contribution in [0.25, 0.3) is 66.6 Å². The van der Waals surface area contributed by atoms with Crippen molar-refractivity contribution in [1.29, 1.82) is 0 Å². The van der Waals surface area contributed by atoms with Gasteiger partial charge in [0.2, 0.25) is 0 Å². The smallest absolute Gasteiger partial charge is 0.160 e. The minimum Gasteiger partial charge on any atom is -0.228 e. The van der Waals surface area contributed by atoms with Gasteiger partial charge in [-0.2, -0.15) is 0 Å². The maximum absolute atomic E-state index is 5.12. The number of aromatic nitrogens is 2. The van der Waals surface area contributed by atoms with Crippen LogP contribution in [0.15, 0.2) is 144 Å². The zero-order valence-electron chi connectivity index (χ0n) is 21.1. The highest BCUT2D eigenvalue weighted by molar-refractivity contribution is 9.10. The van der Waals surface area contributed by atoms with Gasteiger partial charge < -0.3 is 0 Å². The van der Waals surface area contributed by atoms with E-state index in [1.54, 1.807) is 0 Å². The second kappa shape index (κ2) is 9.94. The van der Waals surface area contributed by atoms with Crippen LogP contribution in [0.2, 0.25) is 0 Å². The monoisotopic (exact) mass is 562 g/mol. The minimum absolute atomic E-state index is 0.717. The van der Waals surface area contributed by atoms with Gasteiger partial charge in [-0.3, -0.25) is 0 Å². The molecular formula is C36H23BrN2. The van der Waals surface area contributed by atoms with Crippen molar-refractivity contribution in [2.24, 2.45) is 0 Å². The minimum atomic E-state index is 0.717. The average molecular weight is 563 g/mol. The van der Waals surface area contributed by atoms with Crippen LogP contribution < -0.4 is 0 Å². The summed E-state index contributed by atoms with van der Waals surface area (Å²) in [6.45, 7) is 0. The molecule has 0 bridgehead atoms. The maximum Gasteiger partial charge on any atom is 0.160 e. The number of halogens is 1. The van der Waals surface area contributed by atoms with Gasteiger partial charge in [0, 0.05) is 21.0 Å². The van der Waals surface area contributed by atoms with E-state index >= 15 is 0 Å². The molecule has 0 saturated heterocycles. The first kappa shape index (κ1) is 23.5. The van der Waals surface area contributed by atoms with Crippen molar-refractivity contribution < 1.29 is 0 Å². The molecule has 1 heterocycles. The largest absolute Gasteiger partial charge is 0.228 e. The molecule has 1 aromatic heterocycles. The van der Waals surface area contributed by atoms with Gasteiger partial charge in [-0.05, 0) is 69.4 Å². The Labute approximate surface area is 235 Å². The molecule has 0 spiro atoms. The van der Waals surface area contributed by atoms with Gasteiger partial charge in [0.15, 0.2) is 5.82 Å². The van der Waals surface area contributed by atoms with Crippen LogP contribution in [-0.2, 0) is 0 Å². The molecule has 2 nitrogen and oxygen atoms in total. The maximum atomic E-state index is 5.12. The van der Waals surface area contributed by atoms with Crippen LogP contribution in [0.4, 0.5) is 0 Å². The van der Waals surface area contributed by atoms with Crippen molar-refractivity contribution in [2.45, 2.75) is 0 Å². The van der Waals surface area contributed by atoms with E-state index in [9.17, 15) is 0 Å². The zero-order valence-corrected chi connectivity index (χ0v) is 22.6. The van der Waals surface area contributed by atoms with E-state index in [1.165, 1.54) is 21.9 Å². The van der Waals surface area contributed by atoms with Gasteiger partial charge in [-0.1, -0.05) is 119 Å². The lowest BCUT2D eigenvalue weighted by atomic mass is 9.98. The van der Waals surface area contributed by atoms with Gasteiger partial charge in [0.05, 0.1) is 11.2 Å². The Kier molecular flexibility index (Phi) is 5.99. The van der Waals surface area contributed by atoms with E-state index in [2.05, 4.69) is 149 Å². The fourth-order valence-electron chi connectivity index (χ4n) is 5.10. The molecule has 184 valence electrons. The number of benzene rings is 6. The molecular weight excluding hydrogens is 540 g/mol. The Bertz CT molecular complexity index is 1960. The molecule has 7 aromatic rings. The zero-order chi connectivity index (χ0) is 26.2. The summed E-state index contributed by atoms with van der Waals surface area (Å²) in [6.07, 6.45) is 0. The van der Waals surface area contributed by atoms with Crippen molar-refractivity contribution in [3.05, 3.63) is 144 Å². The van der Waals surface area contributed by atoms with Crippen LogP contribution in [0, 0.1) is 0 Å². The number of rotatable bonds is 4. The highest BCUT2D eigenvalue weighted by atomic mass is 79.9. The predicted molar refractivity (Wildman–Crippen MR) is 166 cm³/mol. The summed E-state index contributed by atoms with van der Waals surface area (Å²) in [5.41, 5.74) is 8.53. The van der Waals surface area contributed by atoms with E-state index in [0.717, 1.165) is 43.3 Å². The van der Waals surface area contributed by atoms with Crippen molar-refractivity contribution in [3.8, 4) is 44.9 Å². The Morgan fingerprint density at radius 3 is 1.90 bits per heavy atom. The number of nitrogens with zero attached hydrogens (tertiary/aromatic N) is 2. The molecule has 0 saturated carbocycles. The first-order valence-electron chi connectivity index (χ1n) is 12.9. The quantitative estimate of drug-likeness (QED) is 0.213. The molecule has 0 amide bonds. The fraction of sp³-hybridized carbons (Fsp3) is 0. The van der Waals surface area contributed by atoms with Gasteiger partial charge in [0.25, 0.3) is 0 Å². The standard InChI is InChI=1S/C36H23BrN2/c37-32-18-15-26(16-19-32)35-33-20-17-30(29-14-13-25-9-4-5-10-27(25)21-29)23-34(33)38-36(39-35)31-12-6-11-28(22-31)24-7-2-1-3-8-24/h1-23H. The van der Waals surface area contributed by atoms with Crippen LogP contribution >= 0.6 is 15.9 Å². The number of hydrogen-bond acceptors (Lipinski definition) is 2. The molecule has 0 radical (unpaired) electrons. The molecule has 7 rings (SSSR count).